The van der Waals surface area contributed by atoms with Gasteiger partial charge in [0.05, 0.1) is 6.16 Å². The van der Waals surface area contributed by atoms with Crippen molar-refractivity contribution in [3.8, 4) is 0 Å². The van der Waals surface area contributed by atoms with Gasteiger partial charge in [0.2, 0.25) is 0 Å². The molecule has 0 N–H and O–H groups in total. The first-order valence-corrected chi connectivity index (χ1v) is 13.9. The van der Waals surface area contributed by atoms with E-state index in [1.807, 2.05) is 0 Å². The normalized spacial score (nSPS) is 11.3. The highest BCUT2D eigenvalue weighted by Gasteiger charge is 2.44. The second kappa shape index (κ2) is 11.8. The van der Waals surface area contributed by atoms with Gasteiger partial charge in [-0.1, -0.05) is 72.8 Å². The first kappa shape index (κ1) is 24.7. The Hall–Kier alpha value is -2.42. The molecule has 0 aliphatic carbocycles. The minimum Gasteiger partial charge on any atom is -1.00 e. The van der Waals surface area contributed by atoms with Crippen LogP contribution in [0.25, 0.3) is 10.9 Å². The van der Waals surface area contributed by atoms with Crippen molar-refractivity contribution in [2.24, 2.45) is 0 Å². The highest BCUT2D eigenvalue weighted by atomic mass is 127. The van der Waals surface area contributed by atoms with Gasteiger partial charge in [-0.15, -0.1) is 0 Å². The van der Waals surface area contributed by atoms with Crippen molar-refractivity contribution < 1.29 is 24.0 Å². The average Bonchev–Trinajstić information content (AvgIpc) is 3.31. The van der Waals surface area contributed by atoms with Crippen LogP contribution in [-0.2, 0) is 6.54 Å². The first-order chi connectivity index (χ1) is 16.4. The van der Waals surface area contributed by atoms with E-state index in [0.29, 0.717) is 0 Å². The van der Waals surface area contributed by atoms with Crippen LogP contribution in [0.5, 0.6) is 0 Å². The van der Waals surface area contributed by atoms with Gasteiger partial charge in [-0.2, -0.15) is 0 Å². The summed E-state index contributed by atoms with van der Waals surface area (Å²) < 4.78 is 2.41. The lowest BCUT2D eigenvalue weighted by Gasteiger charge is -2.27. The summed E-state index contributed by atoms with van der Waals surface area (Å²) >= 11 is 0. The second-order valence-corrected chi connectivity index (χ2v) is 12.3. The minimum atomic E-state index is -1.70. The minimum absolute atomic E-state index is 0. The van der Waals surface area contributed by atoms with E-state index in [1.54, 1.807) is 0 Å². The third-order valence-corrected chi connectivity index (χ3v) is 11.2. The molecule has 3 heteroatoms. The number of halogens is 1. The maximum Gasteiger partial charge on any atom is 0.112 e. The number of aromatic nitrogens is 1. The molecule has 1 aromatic heterocycles. The van der Waals surface area contributed by atoms with Crippen LogP contribution in [0, 0.1) is 0 Å². The van der Waals surface area contributed by atoms with Crippen molar-refractivity contribution in [2.75, 3.05) is 6.16 Å². The van der Waals surface area contributed by atoms with Gasteiger partial charge >= 0.3 is 0 Å². The van der Waals surface area contributed by atoms with Gasteiger partial charge in [0.25, 0.3) is 0 Å². The summed E-state index contributed by atoms with van der Waals surface area (Å²) in [6, 6.07) is 44.6. The van der Waals surface area contributed by atoms with E-state index in [-0.39, 0.29) is 24.0 Å². The van der Waals surface area contributed by atoms with Crippen LogP contribution in [0.1, 0.15) is 19.3 Å². The number of hydrogen-bond donors (Lipinski definition) is 0. The predicted octanol–water partition coefficient (Wildman–Crippen LogP) is 3.81. The summed E-state index contributed by atoms with van der Waals surface area (Å²) in [6.45, 7) is 1.08. The number of para-hydroxylation sites is 1. The zero-order valence-corrected chi connectivity index (χ0v) is 22.5. The largest absolute Gasteiger partial charge is 1.00 e. The molecule has 0 saturated carbocycles. The van der Waals surface area contributed by atoms with Crippen molar-refractivity contribution in [3.63, 3.8) is 0 Å². The Kier molecular flexibility index (Phi) is 8.59. The molecule has 0 spiro atoms. The summed E-state index contributed by atoms with van der Waals surface area (Å²) in [5, 5.41) is 5.79. The molecule has 1 heterocycles. The van der Waals surface area contributed by atoms with E-state index in [1.165, 1.54) is 52.2 Å². The fraction of sp³-hybridized carbons (Fsp3) is 0.161. The molecule has 34 heavy (non-hydrogen) atoms. The maximum absolute atomic E-state index is 2.41. The van der Waals surface area contributed by atoms with Gasteiger partial charge in [0, 0.05) is 18.3 Å². The predicted molar refractivity (Wildman–Crippen MR) is 146 cm³/mol. The quantitative estimate of drug-likeness (QED) is 0.143. The second-order valence-electron chi connectivity index (χ2n) is 8.67. The fourth-order valence-electron chi connectivity index (χ4n) is 5.03. The van der Waals surface area contributed by atoms with Crippen molar-refractivity contribution in [2.45, 2.75) is 25.8 Å². The Labute approximate surface area is 221 Å². The zero-order chi connectivity index (χ0) is 22.3. The van der Waals surface area contributed by atoms with Crippen LogP contribution < -0.4 is 39.9 Å². The van der Waals surface area contributed by atoms with Gasteiger partial charge in [-0.3, -0.25) is 0 Å². The van der Waals surface area contributed by atoms with E-state index >= 15 is 0 Å². The molecule has 5 aromatic rings. The van der Waals surface area contributed by atoms with Gasteiger partial charge < -0.3 is 28.5 Å². The van der Waals surface area contributed by atoms with Gasteiger partial charge in [-0.25, -0.2) is 0 Å². The molecule has 172 valence electrons. The van der Waals surface area contributed by atoms with Gasteiger partial charge in [0.1, 0.15) is 23.2 Å². The number of nitrogens with zero attached hydrogens (tertiary/aromatic N) is 1. The van der Waals surface area contributed by atoms with E-state index in [0.717, 1.165) is 6.54 Å². The van der Waals surface area contributed by atoms with Crippen molar-refractivity contribution in [1.29, 1.82) is 0 Å². The maximum atomic E-state index is 2.41. The topological polar surface area (TPSA) is 4.93 Å². The molecule has 0 aliphatic heterocycles. The summed E-state index contributed by atoms with van der Waals surface area (Å²) in [4.78, 5) is 0. The fourth-order valence-corrected chi connectivity index (χ4v) is 9.44. The Morgan fingerprint density at radius 2 is 1.00 bits per heavy atom. The molecular weight excluding hydrogens is 544 g/mol. The van der Waals surface area contributed by atoms with Crippen molar-refractivity contribution in [3.05, 3.63) is 128 Å². The lowest BCUT2D eigenvalue weighted by atomic mass is 10.2. The Morgan fingerprint density at radius 1 is 0.500 bits per heavy atom. The molecular formula is C31H31INP. The van der Waals surface area contributed by atoms with Crippen molar-refractivity contribution >= 4 is 34.1 Å². The number of aryl methyl sites for hydroxylation is 1. The van der Waals surface area contributed by atoms with E-state index < -0.39 is 7.26 Å². The van der Waals surface area contributed by atoms with E-state index in [9.17, 15) is 0 Å². The highest BCUT2D eigenvalue weighted by Crippen LogP contribution is 2.55. The molecule has 0 saturated heterocycles. The molecule has 0 bridgehead atoms. The molecule has 1 nitrogen and oxygen atoms in total. The number of hydrogen-bond acceptors (Lipinski definition) is 0. The molecule has 0 atom stereocenters. The Morgan fingerprint density at radius 3 is 1.56 bits per heavy atom. The molecule has 0 unspecified atom stereocenters. The molecule has 0 fully saturated rings. The SMILES string of the molecule is [I-].c1ccc([P+](CCCCCn2ccc3ccccc32)(c2ccccc2)c2ccccc2)cc1. The third kappa shape index (κ3) is 5.14. The number of fused-ring (bicyclic) bond motifs is 1. The zero-order valence-electron chi connectivity index (χ0n) is 19.4. The van der Waals surface area contributed by atoms with Crippen LogP contribution in [0.2, 0.25) is 0 Å². The number of rotatable bonds is 9. The monoisotopic (exact) mass is 575 g/mol. The van der Waals surface area contributed by atoms with E-state index in [4.69, 9.17) is 0 Å². The van der Waals surface area contributed by atoms with Crippen molar-refractivity contribution in [1.82, 2.24) is 4.57 Å². The number of unbranched alkanes of at least 4 members (excludes halogenated alkanes) is 2. The first-order valence-electron chi connectivity index (χ1n) is 12.0. The summed E-state index contributed by atoms with van der Waals surface area (Å²) in [5.41, 5.74) is 1.34. The van der Waals surface area contributed by atoms with Crippen LogP contribution in [0.15, 0.2) is 128 Å². The molecule has 0 radical (unpaired) electrons. The Balaban J connectivity index is 0.00000274. The van der Waals surface area contributed by atoms with Gasteiger partial charge in [0.15, 0.2) is 0 Å². The lowest BCUT2D eigenvalue weighted by molar-refractivity contribution is -0.00000640. The third-order valence-electron chi connectivity index (χ3n) is 6.66. The highest BCUT2D eigenvalue weighted by molar-refractivity contribution is 7.95. The molecule has 0 amide bonds. The van der Waals surface area contributed by atoms with Crippen LogP contribution in [0.4, 0.5) is 0 Å². The average molecular weight is 575 g/mol. The summed E-state index contributed by atoms with van der Waals surface area (Å²) in [7, 11) is -1.70. The standard InChI is InChI=1S/C31H31NP.HI/c1-5-16-28(17-6-1)33(29-18-7-2-8-19-29,30-20-9-3-10-21-30)26-14-4-13-24-32-25-23-27-15-11-12-22-31(27)32;/h1-3,5-12,15-23,25H,4,13-14,24,26H2;1H/q+1;/p-1. The van der Waals surface area contributed by atoms with E-state index in [2.05, 4.69) is 132 Å². The van der Waals surface area contributed by atoms with Crippen LogP contribution >= 0.6 is 7.26 Å². The Bertz CT molecular complexity index is 1190. The summed E-state index contributed by atoms with van der Waals surface area (Å²) in [5.74, 6) is 0. The summed E-state index contributed by atoms with van der Waals surface area (Å²) in [6.07, 6.45) is 7.11. The number of benzene rings is 4. The van der Waals surface area contributed by atoms with Crippen LogP contribution in [0.3, 0.4) is 0 Å². The van der Waals surface area contributed by atoms with Crippen LogP contribution in [-0.4, -0.2) is 10.7 Å². The molecule has 5 rings (SSSR count). The molecule has 4 aromatic carbocycles. The van der Waals surface area contributed by atoms with Gasteiger partial charge in [-0.05, 0) is 73.2 Å². The molecule has 0 aliphatic rings. The smallest absolute Gasteiger partial charge is 0.112 e. The lowest BCUT2D eigenvalue weighted by Crippen LogP contribution is -3.00.